The number of pyridine rings is 2. The third-order valence-corrected chi connectivity index (χ3v) is 5.89. The Balaban J connectivity index is 1.62. The number of aryl methyl sites for hydroxylation is 1. The van der Waals surface area contributed by atoms with Gasteiger partial charge in [0, 0.05) is 42.2 Å². The number of carbonyl (C=O) groups is 2. The second-order valence-electron chi connectivity index (χ2n) is 9.09. The molecule has 0 aliphatic heterocycles. The van der Waals surface area contributed by atoms with Gasteiger partial charge in [-0.2, -0.15) is 0 Å². The Morgan fingerprint density at radius 2 is 1.97 bits per heavy atom. The summed E-state index contributed by atoms with van der Waals surface area (Å²) in [6.07, 6.45) is 5.25. The second kappa shape index (κ2) is 10.0. The number of ketones is 1. The van der Waals surface area contributed by atoms with Gasteiger partial charge in [0.25, 0.3) is 0 Å². The number of benzene rings is 1. The summed E-state index contributed by atoms with van der Waals surface area (Å²) in [4.78, 5) is 33.2. The van der Waals surface area contributed by atoms with E-state index in [1.165, 1.54) is 0 Å². The van der Waals surface area contributed by atoms with Crippen molar-refractivity contribution in [3.8, 4) is 11.6 Å². The molecule has 0 bridgehead atoms. The number of hydrogen-bond acceptors (Lipinski definition) is 6. The molecule has 1 unspecified atom stereocenters. The van der Waals surface area contributed by atoms with Gasteiger partial charge in [0.05, 0.1) is 5.39 Å². The van der Waals surface area contributed by atoms with Crippen molar-refractivity contribution in [3.63, 3.8) is 0 Å². The maximum atomic E-state index is 12.3. The molecule has 4 rings (SSSR count). The average molecular weight is 460 g/mol. The average Bonchev–Trinajstić information content (AvgIpc) is 3.12. The number of Topliss-reactive ketones (excluding diaryl/α,β-unsaturated/α-hetero) is 1. The van der Waals surface area contributed by atoms with Gasteiger partial charge in [0.2, 0.25) is 5.88 Å². The van der Waals surface area contributed by atoms with E-state index in [2.05, 4.69) is 29.1 Å². The summed E-state index contributed by atoms with van der Waals surface area (Å²) >= 11 is 0. The smallest absolute Gasteiger partial charge is 0.326 e. The van der Waals surface area contributed by atoms with E-state index in [4.69, 9.17) is 4.74 Å². The lowest BCUT2D eigenvalue weighted by molar-refractivity contribution is -0.139. The zero-order valence-corrected chi connectivity index (χ0v) is 19.7. The van der Waals surface area contributed by atoms with Gasteiger partial charge in [0.15, 0.2) is 5.78 Å². The normalized spacial score (nSPS) is 14.6. The van der Waals surface area contributed by atoms with E-state index in [1.54, 1.807) is 12.4 Å². The van der Waals surface area contributed by atoms with E-state index in [-0.39, 0.29) is 12.2 Å². The van der Waals surface area contributed by atoms with Crippen LogP contribution in [-0.2, 0) is 16.0 Å². The summed E-state index contributed by atoms with van der Waals surface area (Å²) in [5, 5.41) is 14.9. The van der Waals surface area contributed by atoms with Gasteiger partial charge in [-0.15, -0.1) is 0 Å². The summed E-state index contributed by atoms with van der Waals surface area (Å²) in [5.41, 5.74) is 3.03. The number of allylic oxidation sites excluding steroid dienone is 2. The first-order valence-electron chi connectivity index (χ1n) is 11.5. The highest BCUT2D eigenvalue weighted by Crippen LogP contribution is 2.31. The van der Waals surface area contributed by atoms with Crippen LogP contribution in [-0.4, -0.2) is 32.9 Å². The van der Waals surface area contributed by atoms with Crippen LogP contribution in [0.4, 0.5) is 0 Å². The molecule has 1 aromatic carbocycles. The highest BCUT2D eigenvalue weighted by Gasteiger charge is 2.28. The van der Waals surface area contributed by atoms with Crippen LogP contribution in [0.5, 0.6) is 11.6 Å². The predicted molar refractivity (Wildman–Crippen MR) is 130 cm³/mol. The summed E-state index contributed by atoms with van der Waals surface area (Å²) in [5.74, 6) is 0.415. The van der Waals surface area contributed by atoms with Gasteiger partial charge in [-0.1, -0.05) is 32.0 Å². The van der Waals surface area contributed by atoms with Crippen LogP contribution >= 0.6 is 0 Å². The summed E-state index contributed by atoms with van der Waals surface area (Å²) in [6, 6.07) is 10.3. The molecular formula is C27H29N3O4. The number of aromatic nitrogens is 2. The Kier molecular flexibility index (Phi) is 6.91. The fourth-order valence-electron chi connectivity index (χ4n) is 4.28. The lowest BCUT2D eigenvalue weighted by atomic mass is 10.00. The predicted octanol–water partition coefficient (Wildman–Crippen LogP) is 4.98. The molecule has 2 aromatic heterocycles. The van der Waals surface area contributed by atoms with Crippen LogP contribution in [0.25, 0.3) is 10.8 Å². The number of para-hydroxylation sites is 1. The van der Waals surface area contributed by atoms with Crippen molar-refractivity contribution in [1.82, 2.24) is 15.3 Å². The van der Waals surface area contributed by atoms with Crippen LogP contribution in [0.1, 0.15) is 44.4 Å². The van der Waals surface area contributed by atoms with Crippen molar-refractivity contribution >= 4 is 22.5 Å². The molecule has 0 fully saturated rings. The molecule has 0 spiro atoms. The maximum absolute atomic E-state index is 12.3. The highest BCUT2D eigenvalue weighted by molar-refractivity contribution is 5.98. The third kappa shape index (κ3) is 5.25. The lowest BCUT2D eigenvalue weighted by Crippen LogP contribution is -2.38. The number of carboxylic acid groups (broad SMARTS) is 1. The van der Waals surface area contributed by atoms with Crippen LogP contribution in [0, 0.1) is 12.8 Å². The summed E-state index contributed by atoms with van der Waals surface area (Å²) < 4.78 is 6.21. The largest absolute Gasteiger partial charge is 0.480 e. The molecule has 1 aliphatic carbocycles. The van der Waals surface area contributed by atoms with Gasteiger partial charge < -0.3 is 15.2 Å². The summed E-state index contributed by atoms with van der Waals surface area (Å²) in [7, 11) is 0. The first-order valence-corrected chi connectivity index (χ1v) is 11.5. The van der Waals surface area contributed by atoms with E-state index in [1.807, 2.05) is 43.3 Å². The Hall–Kier alpha value is -3.74. The fraction of sp³-hybridized carbons (Fsp3) is 0.333. The highest BCUT2D eigenvalue weighted by atomic mass is 16.5. The monoisotopic (exact) mass is 459 g/mol. The van der Waals surface area contributed by atoms with E-state index in [0.29, 0.717) is 36.8 Å². The minimum absolute atomic E-state index is 0.107. The molecule has 34 heavy (non-hydrogen) atoms. The van der Waals surface area contributed by atoms with Gasteiger partial charge in [0.1, 0.15) is 11.8 Å². The molecule has 0 saturated heterocycles. The number of nitrogens with zero attached hydrogens (tertiary/aromatic N) is 2. The molecule has 0 amide bonds. The number of carboxylic acids is 1. The summed E-state index contributed by atoms with van der Waals surface area (Å²) in [6.45, 7) is 6.00. The molecule has 2 heterocycles. The van der Waals surface area contributed by atoms with Crippen LogP contribution < -0.4 is 10.1 Å². The molecule has 7 nitrogen and oxygen atoms in total. The van der Waals surface area contributed by atoms with Crippen molar-refractivity contribution < 1.29 is 19.4 Å². The van der Waals surface area contributed by atoms with Gasteiger partial charge in [-0.25, -0.2) is 9.78 Å². The maximum Gasteiger partial charge on any atom is 0.326 e. The zero-order valence-electron chi connectivity index (χ0n) is 19.7. The van der Waals surface area contributed by atoms with Crippen molar-refractivity contribution in [1.29, 1.82) is 0 Å². The minimum Gasteiger partial charge on any atom is -0.480 e. The van der Waals surface area contributed by atoms with Gasteiger partial charge in [-0.3, -0.25) is 9.78 Å². The Morgan fingerprint density at radius 3 is 2.74 bits per heavy atom. The molecule has 1 aliphatic rings. The van der Waals surface area contributed by atoms with E-state index in [0.717, 1.165) is 33.3 Å². The first kappa shape index (κ1) is 23.4. The molecule has 2 N–H and O–H groups in total. The van der Waals surface area contributed by atoms with E-state index < -0.39 is 12.0 Å². The first-order chi connectivity index (χ1) is 16.3. The molecular weight excluding hydrogens is 430 g/mol. The van der Waals surface area contributed by atoms with Crippen LogP contribution in [0.15, 0.2) is 60.1 Å². The topological polar surface area (TPSA) is 101 Å². The van der Waals surface area contributed by atoms with Crippen molar-refractivity contribution in [2.24, 2.45) is 5.92 Å². The number of ether oxygens (including phenoxy) is 1. The third-order valence-electron chi connectivity index (χ3n) is 5.89. The molecule has 176 valence electrons. The number of carbonyl (C=O) groups excluding carboxylic acids is 1. The number of nitrogens with one attached hydrogen (secondary N) is 1. The van der Waals surface area contributed by atoms with Crippen molar-refractivity contribution in [2.45, 2.75) is 52.5 Å². The number of rotatable bonds is 9. The fourth-order valence-corrected chi connectivity index (χ4v) is 4.28. The second-order valence-corrected chi connectivity index (χ2v) is 9.09. The SMILES string of the molecule is Cc1cc2ccncc2c(Oc2ccccc2CC(NC2=C(CC(C)C)C(=O)CC2)C(=O)O)n1. The van der Waals surface area contributed by atoms with Crippen LogP contribution in [0.3, 0.4) is 0 Å². The quantitative estimate of drug-likeness (QED) is 0.465. The number of hydrogen-bond donors (Lipinski definition) is 2. The van der Waals surface area contributed by atoms with Crippen molar-refractivity contribution in [3.05, 3.63) is 71.3 Å². The Labute approximate surface area is 198 Å². The Morgan fingerprint density at radius 1 is 1.18 bits per heavy atom. The number of fused-ring (bicyclic) bond motifs is 1. The van der Waals surface area contributed by atoms with Gasteiger partial charge in [-0.05, 0) is 54.8 Å². The molecule has 7 heteroatoms. The van der Waals surface area contributed by atoms with Crippen molar-refractivity contribution in [2.75, 3.05) is 0 Å². The molecule has 0 radical (unpaired) electrons. The van der Waals surface area contributed by atoms with E-state index >= 15 is 0 Å². The molecule has 3 aromatic rings. The number of aliphatic carboxylic acids is 1. The van der Waals surface area contributed by atoms with E-state index in [9.17, 15) is 14.7 Å². The van der Waals surface area contributed by atoms with Crippen LogP contribution in [0.2, 0.25) is 0 Å². The van der Waals surface area contributed by atoms with Gasteiger partial charge >= 0.3 is 5.97 Å². The zero-order chi connectivity index (χ0) is 24.2. The molecule has 0 saturated carbocycles. The Bertz CT molecular complexity index is 1270. The standard InChI is InChI=1S/C27H29N3O4/c1-16(2)12-20-22(8-9-24(20)31)30-23(27(32)33)14-19-6-4-5-7-25(19)34-26-21-15-28-11-10-18(21)13-17(3)29-26/h4-7,10-11,13,15-16,23,30H,8-9,12,14H2,1-3H3,(H,32,33). The minimum atomic E-state index is -0.978. The molecule has 1 atom stereocenters. The lowest BCUT2D eigenvalue weighted by Gasteiger charge is -2.20.